The first kappa shape index (κ1) is 15.7. The normalized spacial score (nSPS) is 12.3. The second-order valence-corrected chi connectivity index (χ2v) is 6.25. The molecule has 1 aromatic heterocycles. The fourth-order valence-corrected chi connectivity index (χ4v) is 3.66. The lowest BCUT2D eigenvalue weighted by molar-refractivity contribution is 0.0693. The van der Waals surface area contributed by atoms with Crippen LogP contribution >= 0.6 is 11.6 Å². The molecule has 0 aliphatic heterocycles. The first-order valence-electron chi connectivity index (χ1n) is 6.38. The monoisotopic (exact) mass is 326 g/mol. The largest absolute Gasteiger partial charge is 0.478 e. The molecule has 1 heterocycles. The highest BCUT2D eigenvalue weighted by Gasteiger charge is 2.19. The van der Waals surface area contributed by atoms with Crippen molar-refractivity contribution in [3.05, 3.63) is 46.2 Å². The van der Waals surface area contributed by atoms with Gasteiger partial charge in [0, 0.05) is 6.54 Å². The van der Waals surface area contributed by atoms with Gasteiger partial charge in [-0.1, -0.05) is 23.7 Å². The predicted molar refractivity (Wildman–Crippen MR) is 81.2 cm³/mol. The zero-order valence-electron chi connectivity index (χ0n) is 11.7. The molecule has 0 fully saturated rings. The lowest BCUT2D eigenvalue weighted by Gasteiger charge is -2.08. The van der Waals surface area contributed by atoms with Crippen LogP contribution in [0.4, 0.5) is 0 Å². The maximum Gasteiger partial charge on any atom is 0.336 e. The van der Waals surface area contributed by atoms with E-state index in [0.717, 1.165) is 0 Å². The number of hydrogen-bond donors (Lipinski definition) is 1. The van der Waals surface area contributed by atoms with Crippen LogP contribution < -0.4 is 0 Å². The highest BCUT2D eigenvalue weighted by atomic mass is 35.5. The summed E-state index contributed by atoms with van der Waals surface area (Å²) in [7, 11) is -1.50. The molecule has 7 heteroatoms. The maximum absolute atomic E-state index is 12.5. The third-order valence-electron chi connectivity index (χ3n) is 3.08. The van der Waals surface area contributed by atoms with Crippen LogP contribution in [0.1, 0.15) is 28.7 Å². The summed E-state index contributed by atoms with van der Waals surface area (Å²) in [6.45, 7) is 4.31. The minimum Gasteiger partial charge on any atom is -0.478 e. The topological polar surface area (TPSA) is 72.2 Å². The number of aryl methyl sites for hydroxylation is 2. The Morgan fingerprint density at radius 2 is 2.10 bits per heavy atom. The molecule has 1 unspecified atom stereocenters. The summed E-state index contributed by atoms with van der Waals surface area (Å²) in [4.78, 5) is 11.5. The summed E-state index contributed by atoms with van der Waals surface area (Å²) in [6, 6.07) is 6.29. The molecule has 1 atom stereocenters. The van der Waals surface area contributed by atoms with Crippen LogP contribution in [-0.4, -0.2) is 25.1 Å². The first-order chi connectivity index (χ1) is 9.95. The average molecular weight is 327 g/mol. The molecule has 21 heavy (non-hydrogen) atoms. The van der Waals surface area contributed by atoms with Gasteiger partial charge in [-0.25, -0.2) is 4.79 Å². The predicted octanol–water partition coefficient (Wildman–Crippen LogP) is 2.87. The molecular formula is C14H15ClN2O3S. The highest BCUT2D eigenvalue weighted by molar-refractivity contribution is 7.84. The van der Waals surface area contributed by atoms with Crippen molar-refractivity contribution >= 4 is 28.4 Å². The summed E-state index contributed by atoms with van der Waals surface area (Å²) in [6.07, 6.45) is 0. The number of carbonyl (C=O) groups is 1. The van der Waals surface area contributed by atoms with E-state index in [1.54, 1.807) is 29.8 Å². The van der Waals surface area contributed by atoms with E-state index < -0.39 is 16.8 Å². The number of halogens is 1. The van der Waals surface area contributed by atoms with Crippen LogP contribution in [0.5, 0.6) is 0 Å². The Kier molecular flexibility index (Phi) is 4.80. The van der Waals surface area contributed by atoms with Gasteiger partial charge in [0.1, 0.15) is 0 Å². The number of benzene rings is 1. The van der Waals surface area contributed by atoms with Crippen LogP contribution in [-0.2, 0) is 23.1 Å². The summed E-state index contributed by atoms with van der Waals surface area (Å²) in [5.41, 5.74) is 1.39. The van der Waals surface area contributed by atoms with E-state index in [-0.39, 0.29) is 11.3 Å². The molecule has 0 bridgehead atoms. The molecule has 0 amide bonds. The van der Waals surface area contributed by atoms with E-state index in [9.17, 15) is 9.00 Å². The van der Waals surface area contributed by atoms with Gasteiger partial charge in [0.15, 0.2) is 0 Å². The number of hydrogen-bond acceptors (Lipinski definition) is 3. The molecule has 2 aromatic rings. The van der Waals surface area contributed by atoms with Crippen LogP contribution in [0.25, 0.3) is 0 Å². The van der Waals surface area contributed by atoms with Crippen molar-refractivity contribution in [3.63, 3.8) is 0 Å². The zero-order valence-corrected chi connectivity index (χ0v) is 13.2. The summed E-state index contributed by atoms with van der Waals surface area (Å²) >= 11 is 6.19. The molecule has 0 aliphatic rings. The van der Waals surface area contributed by atoms with E-state index in [1.165, 1.54) is 6.07 Å². The molecule has 1 N–H and O–H groups in total. The first-order valence-corrected chi connectivity index (χ1v) is 8.07. The van der Waals surface area contributed by atoms with E-state index in [1.807, 2.05) is 6.92 Å². The van der Waals surface area contributed by atoms with Gasteiger partial charge in [-0.2, -0.15) is 5.10 Å². The van der Waals surface area contributed by atoms with E-state index >= 15 is 0 Å². The van der Waals surface area contributed by atoms with Gasteiger partial charge in [0.25, 0.3) is 0 Å². The van der Waals surface area contributed by atoms with Crippen molar-refractivity contribution in [2.45, 2.75) is 31.0 Å². The van der Waals surface area contributed by atoms with Gasteiger partial charge in [0.2, 0.25) is 0 Å². The molecule has 0 aliphatic carbocycles. The zero-order chi connectivity index (χ0) is 15.6. The molecule has 0 saturated heterocycles. The Morgan fingerprint density at radius 1 is 1.43 bits per heavy atom. The number of carboxylic acid groups (broad SMARTS) is 1. The summed E-state index contributed by atoms with van der Waals surface area (Å²) < 4.78 is 14.2. The van der Waals surface area contributed by atoms with Crippen LogP contribution in [0, 0.1) is 6.92 Å². The lowest BCUT2D eigenvalue weighted by Crippen LogP contribution is -2.09. The van der Waals surface area contributed by atoms with E-state index in [4.69, 9.17) is 16.7 Å². The molecule has 112 valence electrons. The number of nitrogens with zero attached hydrogens (tertiary/aromatic N) is 2. The van der Waals surface area contributed by atoms with Crippen molar-refractivity contribution < 1.29 is 14.1 Å². The Hall–Kier alpha value is -1.66. The molecular weight excluding hydrogens is 312 g/mol. The second kappa shape index (κ2) is 6.41. The standard InChI is InChI=1S/C14H15ClN2O3S/c1-3-17-11(13(15)9(2)16-17)8-21(20)12-7-5-4-6-10(12)14(18)19/h4-7H,3,8H2,1-2H3,(H,18,19). The quantitative estimate of drug-likeness (QED) is 0.917. The van der Waals surface area contributed by atoms with Crippen molar-refractivity contribution in [2.75, 3.05) is 0 Å². The van der Waals surface area contributed by atoms with Crippen LogP contribution in [0.15, 0.2) is 29.2 Å². The number of aromatic carboxylic acids is 1. The van der Waals surface area contributed by atoms with Gasteiger partial charge in [-0.3, -0.25) is 8.89 Å². The number of aromatic nitrogens is 2. The Morgan fingerprint density at radius 3 is 2.71 bits per heavy atom. The number of carboxylic acids is 1. The third kappa shape index (κ3) is 3.16. The van der Waals surface area contributed by atoms with Crippen LogP contribution in [0.3, 0.4) is 0 Å². The highest BCUT2D eigenvalue weighted by Crippen LogP contribution is 2.24. The molecule has 0 radical (unpaired) electrons. The number of rotatable bonds is 5. The Bertz CT molecular complexity index is 712. The second-order valence-electron chi connectivity index (χ2n) is 4.45. The third-order valence-corrected chi connectivity index (χ3v) is 4.96. The maximum atomic E-state index is 12.5. The molecule has 0 spiro atoms. The fourth-order valence-electron chi connectivity index (χ4n) is 2.05. The van der Waals surface area contributed by atoms with Crippen molar-refractivity contribution in [1.82, 2.24) is 9.78 Å². The molecule has 5 nitrogen and oxygen atoms in total. The minimum atomic E-state index is -1.50. The lowest BCUT2D eigenvalue weighted by atomic mass is 10.2. The van der Waals surface area contributed by atoms with Gasteiger partial charge in [-0.05, 0) is 26.0 Å². The van der Waals surface area contributed by atoms with Gasteiger partial charge in [-0.15, -0.1) is 0 Å². The van der Waals surface area contributed by atoms with Crippen molar-refractivity contribution in [2.24, 2.45) is 0 Å². The van der Waals surface area contributed by atoms with Crippen molar-refractivity contribution in [3.8, 4) is 0 Å². The van der Waals surface area contributed by atoms with Crippen molar-refractivity contribution in [1.29, 1.82) is 0 Å². The fraction of sp³-hybridized carbons (Fsp3) is 0.286. The van der Waals surface area contributed by atoms with Gasteiger partial charge in [0.05, 0.1) is 43.4 Å². The van der Waals surface area contributed by atoms with Gasteiger partial charge >= 0.3 is 5.97 Å². The Labute approximate surface area is 130 Å². The smallest absolute Gasteiger partial charge is 0.336 e. The van der Waals surface area contributed by atoms with E-state index in [2.05, 4.69) is 5.10 Å². The van der Waals surface area contributed by atoms with Gasteiger partial charge < -0.3 is 5.11 Å². The SMILES string of the molecule is CCn1nc(C)c(Cl)c1CS(=O)c1ccccc1C(=O)O. The molecule has 0 saturated carbocycles. The summed E-state index contributed by atoms with van der Waals surface area (Å²) in [5, 5.41) is 13.9. The van der Waals surface area contributed by atoms with E-state index in [0.29, 0.717) is 27.9 Å². The molecule has 1 aromatic carbocycles. The van der Waals surface area contributed by atoms with Crippen LogP contribution in [0.2, 0.25) is 5.02 Å². The summed E-state index contributed by atoms with van der Waals surface area (Å²) in [5.74, 6) is -0.956. The Balaban J connectivity index is 2.37. The minimum absolute atomic E-state index is 0.0474. The molecule has 2 rings (SSSR count). The average Bonchev–Trinajstić information content (AvgIpc) is 2.74.